The van der Waals surface area contributed by atoms with E-state index in [-0.39, 0.29) is 36.9 Å². The van der Waals surface area contributed by atoms with E-state index in [1.54, 1.807) is 11.8 Å². The topological polar surface area (TPSA) is 40.6 Å². The molecule has 2 aliphatic heterocycles. The number of alkyl halides is 3. The van der Waals surface area contributed by atoms with Crippen LogP contribution < -0.4 is 0 Å². The van der Waals surface area contributed by atoms with Gasteiger partial charge in [-0.1, -0.05) is 53.4 Å². The Balaban J connectivity index is 0. The van der Waals surface area contributed by atoms with Gasteiger partial charge >= 0.3 is 0 Å². The summed E-state index contributed by atoms with van der Waals surface area (Å²) in [6.45, 7) is 14.9. The van der Waals surface area contributed by atoms with E-state index in [1.807, 2.05) is 6.92 Å². The first-order valence-corrected chi connectivity index (χ1v) is 10.9. The number of nitrogens with zero attached hydrogens (tertiary/aromatic N) is 2. The molecule has 2 fully saturated rings. The van der Waals surface area contributed by atoms with Crippen molar-refractivity contribution in [2.45, 2.75) is 118 Å². The van der Waals surface area contributed by atoms with E-state index in [4.69, 9.17) is 0 Å². The van der Waals surface area contributed by atoms with Crippen LogP contribution in [0.25, 0.3) is 0 Å². The number of hydrogen-bond donors (Lipinski definition) is 0. The molecule has 2 aliphatic rings. The number of unbranched alkanes of at least 4 members (excludes halogenated alkanes) is 2. The second kappa shape index (κ2) is 15.6. The molecule has 7 heteroatoms. The first kappa shape index (κ1) is 29.9. The zero-order valence-electron chi connectivity index (χ0n) is 19.7. The smallest absolute Gasteiger partial charge is 0.267 e. The molecule has 0 aromatic carbocycles. The van der Waals surface area contributed by atoms with Gasteiger partial charge in [0.2, 0.25) is 11.8 Å². The van der Waals surface area contributed by atoms with Crippen LogP contribution in [-0.2, 0) is 9.59 Å². The molecule has 0 aliphatic carbocycles. The maximum atomic E-state index is 12.6. The van der Waals surface area contributed by atoms with Crippen molar-refractivity contribution in [1.82, 2.24) is 9.80 Å². The standard InChI is InChI=1S/C7H11F2NO.C7H12FNO.2C4H10/c1-5-3-7(8,9)4-10(5)6(2)11;1-5-3-7(8)4-9(5)6(2)10;2*1-3-4-2/h5H,3-4H2,1-2H3;5,7H,3-4H2,1-2H3;2*3-4H2,1-2H3/t5-;5-,7?;;/m11../s1. The highest BCUT2D eigenvalue weighted by Crippen LogP contribution is 2.31. The molecular formula is C22H43F3N2O2. The molecule has 2 amide bonds. The molecule has 0 bridgehead atoms. The fourth-order valence-electron chi connectivity index (χ4n) is 2.84. The Morgan fingerprint density at radius 3 is 1.41 bits per heavy atom. The second-order valence-electron chi connectivity index (χ2n) is 7.91. The van der Waals surface area contributed by atoms with Crippen LogP contribution in [0, 0.1) is 0 Å². The Labute approximate surface area is 176 Å². The zero-order chi connectivity index (χ0) is 23.2. The summed E-state index contributed by atoms with van der Waals surface area (Å²) in [5, 5.41) is 0. The Kier molecular flexibility index (Phi) is 16.1. The number of carbonyl (C=O) groups is 2. The van der Waals surface area contributed by atoms with Gasteiger partial charge in [-0.25, -0.2) is 13.2 Å². The minimum Gasteiger partial charge on any atom is -0.337 e. The Morgan fingerprint density at radius 1 is 0.862 bits per heavy atom. The molecule has 1 unspecified atom stereocenters. The molecule has 3 atom stereocenters. The third-order valence-corrected chi connectivity index (χ3v) is 4.86. The normalized spacial score (nSPS) is 24.4. The van der Waals surface area contributed by atoms with Crippen LogP contribution >= 0.6 is 0 Å². The van der Waals surface area contributed by atoms with Crippen LogP contribution in [0.4, 0.5) is 13.2 Å². The Bertz CT molecular complexity index is 453. The van der Waals surface area contributed by atoms with Gasteiger partial charge in [-0.15, -0.1) is 0 Å². The number of hydrogen-bond acceptors (Lipinski definition) is 2. The van der Waals surface area contributed by atoms with Gasteiger partial charge < -0.3 is 9.80 Å². The summed E-state index contributed by atoms with van der Waals surface area (Å²) in [7, 11) is 0. The fraction of sp³-hybridized carbons (Fsp3) is 0.909. The van der Waals surface area contributed by atoms with Crippen LogP contribution in [0.5, 0.6) is 0 Å². The summed E-state index contributed by atoms with van der Waals surface area (Å²) in [5.41, 5.74) is 0. The lowest BCUT2D eigenvalue weighted by atomic mass is 10.2. The predicted octanol–water partition coefficient (Wildman–Crippen LogP) is 5.84. The van der Waals surface area contributed by atoms with Crippen LogP contribution in [0.1, 0.15) is 93.9 Å². The molecule has 2 saturated heterocycles. The summed E-state index contributed by atoms with van der Waals surface area (Å²) in [4.78, 5) is 24.3. The summed E-state index contributed by atoms with van der Waals surface area (Å²) in [6.07, 6.45) is 4.77. The van der Waals surface area contributed by atoms with Crippen molar-refractivity contribution in [2.75, 3.05) is 13.1 Å². The van der Waals surface area contributed by atoms with Crippen molar-refractivity contribution in [3.05, 3.63) is 0 Å². The molecule has 174 valence electrons. The molecule has 0 spiro atoms. The highest BCUT2D eigenvalue weighted by Gasteiger charge is 2.43. The monoisotopic (exact) mass is 424 g/mol. The van der Waals surface area contributed by atoms with E-state index in [0.717, 1.165) is 0 Å². The van der Waals surface area contributed by atoms with E-state index >= 15 is 0 Å². The van der Waals surface area contributed by atoms with Gasteiger partial charge in [-0.05, 0) is 13.8 Å². The molecule has 0 aromatic rings. The van der Waals surface area contributed by atoms with Gasteiger partial charge in [0.05, 0.1) is 13.1 Å². The van der Waals surface area contributed by atoms with Crippen molar-refractivity contribution >= 4 is 11.8 Å². The molecule has 0 radical (unpaired) electrons. The van der Waals surface area contributed by atoms with Crippen molar-refractivity contribution in [3.63, 3.8) is 0 Å². The summed E-state index contributed by atoms with van der Waals surface area (Å²) >= 11 is 0. The average Bonchev–Trinajstić information content (AvgIpc) is 3.12. The number of carbonyl (C=O) groups excluding carboxylic acids is 2. The third-order valence-electron chi connectivity index (χ3n) is 4.86. The summed E-state index contributed by atoms with van der Waals surface area (Å²) in [5.74, 6) is -2.97. The van der Waals surface area contributed by atoms with E-state index in [0.29, 0.717) is 6.42 Å². The lowest BCUT2D eigenvalue weighted by molar-refractivity contribution is -0.131. The molecule has 2 rings (SSSR count). The van der Waals surface area contributed by atoms with Crippen LogP contribution in [0.2, 0.25) is 0 Å². The van der Waals surface area contributed by atoms with Gasteiger partial charge in [-0.3, -0.25) is 9.59 Å². The van der Waals surface area contributed by atoms with Gasteiger partial charge in [-0.2, -0.15) is 0 Å². The van der Waals surface area contributed by atoms with Crippen LogP contribution in [0.3, 0.4) is 0 Å². The minimum absolute atomic E-state index is 0.0207. The molecule has 0 saturated carbocycles. The SMILES string of the molecule is CC(=O)N1CC(F)(F)C[C@H]1C.CC(=O)N1CC(F)C[C@H]1C.CCCC.CCCC. The molecule has 0 aromatic heterocycles. The average molecular weight is 425 g/mol. The molecule has 0 N–H and O–H groups in total. The van der Waals surface area contributed by atoms with E-state index in [9.17, 15) is 22.8 Å². The molecule has 4 nitrogen and oxygen atoms in total. The van der Waals surface area contributed by atoms with E-state index in [2.05, 4.69) is 27.7 Å². The third kappa shape index (κ3) is 13.6. The van der Waals surface area contributed by atoms with E-state index in [1.165, 1.54) is 44.4 Å². The lowest BCUT2D eigenvalue weighted by Crippen LogP contribution is -2.33. The number of likely N-dealkylation sites (tertiary alicyclic amines) is 2. The van der Waals surface area contributed by atoms with Gasteiger partial charge in [0.1, 0.15) is 6.17 Å². The lowest BCUT2D eigenvalue weighted by Gasteiger charge is -2.17. The largest absolute Gasteiger partial charge is 0.337 e. The minimum atomic E-state index is -2.68. The number of halogens is 3. The van der Waals surface area contributed by atoms with Crippen molar-refractivity contribution in [1.29, 1.82) is 0 Å². The van der Waals surface area contributed by atoms with E-state index < -0.39 is 18.6 Å². The van der Waals surface area contributed by atoms with Crippen LogP contribution in [0.15, 0.2) is 0 Å². The second-order valence-corrected chi connectivity index (χ2v) is 7.91. The molecule has 29 heavy (non-hydrogen) atoms. The number of rotatable bonds is 2. The summed E-state index contributed by atoms with van der Waals surface area (Å²) < 4.78 is 37.8. The quantitative estimate of drug-likeness (QED) is 0.559. The van der Waals surface area contributed by atoms with Crippen molar-refractivity contribution in [3.8, 4) is 0 Å². The highest BCUT2D eigenvalue weighted by molar-refractivity contribution is 5.74. The van der Waals surface area contributed by atoms with Gasteiger partial charge in [0, 0.05) is 38.8 Å². The van der Waals surface area contributed by atoms with Gasteiger partial charge in [0.25, 0.3) is 5.92 Å². The zero-order valence-corrected chi connectivity index (χ0v) is 19.7. The fourth-order valence-corrected chi connectivity index (χ4v) is 2.84. The summed E-state index contributed by atoms with van der Waals surface area (Å²) in [6, 6.07) is -0.227. The highest BCUT2D eigenvalue weighted by atomic mass is 19.3. The van der Waals surface area contributed by atoms with Crippen molar-refractivity contribution in [2.24, 2.45) is 0 Å². The predicted molar refractivity (Wildman–Crippen MR) is 114 cm³/mol. The number of amides is 2. The Morgan fingerprint density at radius 2 is 1.28 bits per heavy atom. The first-order chi connectivity index (χ1) is 13.4. The van der Waals surface area contributed by atoms with Crippen LogP contribution in [-0.4, -0.2) is 58.9 Å². The maximum absolute atomic E-state index is 12.6. The van der Waals surface area contributed by atoms with Gasteiger partial charge in [0.15, 0.2) is 0 Å². The Hall–Kier alpha value is -1.27. The first-order valence-electron chi connectivity index (χ1n) is 10.9. The molecule has 2 heterocycles. The molecular weight excluding hydrogens is 381 g/mol. The van der Waals surface area contributed by atoms with Crippen molar-refractivity contribution < 1.29 is 22.8 Å². The maximum Gasteiger partial charge on any atom is 0.267 e.